The summed E-state index contributed by atoms with van der Waals surface area (Å²) in [6, 6.07) is 10.1. The molecule has 3 aromatic rings. The highest BCUT2D eigenvalue weighted by Crippen LogP contribution is 2.32. The quantitative estimate of drug-likeness (QED) is 0.743. The predicted molar refractivity (Wildman–Crippen MR) is 81.1 cm³/mol. The predicted octanol–water partition coefficient (Wildman–Crippen LogP) is 4.85. The van der Waals surface area contributed by atoms with E-state index in [0.717, 1.165) is 23.3 Å². The number of nitrogens with one attached hydrogen (secondary N) is 1. The van der Waals surface area contributed by atoms with Gasteiger partial charge in [0.1, 0.15) is 5.76 Å². The molecular formula is C15H14ClNOS. The van der Waals surface area contributed by atoms with Crippen molar-refractivity contribution >= 4 is 33.9 Å². The highest BCUT2D eigenvalue weighted by molar-refractivity contribution is 7.08. The van der Waals surface area contributed by atoms with Crippen molar-refractivity contribution in [2.45, 2.75) is 13.0 Å². The first-order chi connectivity index (χ1) is 9.29. The average Bonchev–Trinajstić information content (AvgIpc) is 3.05. The second kappa shape index (κ2) is 5.37. The van der Waals surface area contributed by atoms with E-state index >= 15 is 0 Å². The molecule has 0 saturated carbocycles. The maximum absolute atomic E-state index is 6.16. The van der Waals surface area contributed by atoms with Crippen molar-refractivity contribution in [1.82, 2.24) is 5.32 Å². The molecule has 0 radical (unpaired) electrons. The first-order valence-corrected chi connectivity index (χ1v) is 7.55. The lowest BCUT2D eigenvalue weighted by molar-refractivity contribution is 0.478. The summed E-state index contributed by atoms with van der Waals surface area (Å²) < 4.78 is 5.95. The molecule has 1 unspecified atom stereocenters. The minimum Gasteiger partial charge on any atom is -0.457 e. The van der Waals surface area contributed by atoms with Crippen molar-refractivity contribution in [2.24, 2.45) is 0 Å². The lowest BCUT2D eigenvalue weighted by atomic mass is 10.1. The molecule has 0 spiro atoms. The van der Waals surface area contributed by atoms with E-state index < -0.39 is 0 Å². The fourth-order valence-corrected chi connectivity index (χ4v) is 3.12. The van der Waals surface area contributed by atoms with E-state index in [4.69, 9.17) is 16.0 Å². The standard InChI is InChI=1S/C15H14ClNOS/c1-2-17-14(11-6-7-19-9-11)13-8-10-4-3-5-12(16)15(10)18-13/h3-9,14,17H,2H2,1H3. The molecule has 98 valence electrons. The Labute approximate surface area is 121 Å². The lowest BCUT2D eigenvalue weighted by Crippen LogP contribution is -2.20. The normalized spacial score (nSPS) is 12.9. The Balaban J connectivity index is 2.08. The zero-order valence-electron chi connectivity index (χ0n) is 10.5. The smallest absolute Gasteiger partial charge is 0.152 e. The molecule has 1 N–H and O–H groups in total. The van der Waals surface area contributed by atoms with Gasteiger partial charge < -0.3 is 9.73 Å². The van der Waals surface area contributed by atoms with Crippen LogP contribution in [0.15, 0.2) is 45.5 Å². The molecule has 0 amide bonds. The summed E-state index contributed by atoms with van der Waals surface area (Å²) in [5.74, 6) is 0.906. The van der Waals surface area contributed by atoms with Crippen molar-refractivity contribution in [2.75, 3.05) is 6.54 Å². The van der Waals surface area contributed by atoms with E-state index in [0.29, 0.717) is 5.02 Å². The Bertz CT molecular complexity index is 675. The van der Waals surface area contributed by atoms with Crippen LogP contribution in [0.5, 0.6) is 0 Å². The van der Waals surface area contributed by atoms with Gasteiger partial charge in [-0.1, -0.05) is 30.7 Å². The van der Waals surface area contributed by atoms with Gasteiger partial charge in [-0.25, -0.2) is 0 Å². The molecule has 0 aliphatic carbocycles. The minimum atomic E-state index is 0.0831. The number of hydrogen-bond donors (Lipinski definition) is 1. The Morgan fingerprint density at radius 1 is 1.37 bits per heavy atom. The Morgan fingerprint density at radius 3 is 2.95 bits per heavy atom. The van der Waals surface area contributed by atoms with Gasteiger partial charge in [0.2, 0.25) is 0 Å². The summed E-state index contributed by atoms with van der Waals surface area (Å²) in [6.07, 6.45) is 0. The zero-order valence-corrected chi connectivity index (χ0v) is 12.1. The van der Waals surface area contributed by atoms with Crippen LogP contribution in [0.25, 0.3) is 11.0 Å². The number of thiophene rings is 1. The summed E-state index contributed by atoms with van der Waals surface area (Å²) in [6.45, 7) is 2.97. The van der Waals surface area contributed by atoms with Gasteiger partial charge in [0.05, 0.1) is 11.1 Å². The molecule has 0 aliphatic rings. The highest BCUT2D eigenvalue weighted by atomic mass is 35.5. The SMILES string of the molecule is CCNC(c1ccsc1)c1cc2cccc(Cl)c2o1. The number of halogens is 1. The molecule has 3 rings (SSSR count). The maximum atomic E-state index is 6.16. The van der Waals surface area contributed by atoms with Crippen LogP contribution in [0.1, 0.15) is 24.3 Å². The molecule has 0 saturated heterocycles. The van der Waals surface area contributed by atoms with E-state index in [1.165, 1.54) is 5.56 Å². The number of fused-ring (bicyclic) bond motifs is 1. The fourth-order valence-electron chi connectivity index (χ4n) is 2.22. The van der Waals surface area contributed by atoms with Crippen LogP contribution in [0, 0.1) is 0 Å². The molecule has 2 aromatic heterocycles. The summed E-state index contributed by atoms with van der Waals surface area (Å²) in [4.78, 5) is 0. The molecule has 4 heteroatoms. The average molecular weight is 292 g/mol. The van der Waals surface area contributed by atoms with E-state index in [-0.39, 0.29) is 6.04 Å². The van der Waals surface area contributed by atoms with Gasteiger partial charge in [0.25, 0.3) is 0 Å². The third-order valence-electron chi connectivity index (χ3n) is 3.08. The third kappa shape index (κ3) is 2.41. The Morgan fingerprint density at radius 2 is 2.26 bits per heavy atom. The Hall–Kier alpha value is -1.29. The van der Waals surface area contributed by atoms with Crippen molar-refractivity contribution < 1.29 is 4.42 Å². The summed E-state index contributed by atoms with van der Waals surface area (Å²) in [7, 11) is 0. The second-order valence-corrected chi connectivity index (χ2v) is 5.54. The van der Waals surface area contributed by atoms with E-state index in [1.807, 2.05) is 18.2 Å². The van der Waals surface area contributed by atoms with Crippen molar-refractivity contribution in [3.8, 4) is 0 Å². The summed E-state index contributed by atoms with van der Waals surface area (Å²) in [5.41, 5.74) is 1.99. The van der Waals surface area contributed by atoms with Gasteiger partial charge >= 0.3 is 0 Å². The first-order valence-electron chi connectivity index (χ1n) is 6.23. The van der Waals surface area contributed by atoms with Gasteiger partial charge in [0.15, 0.2) is 5.58 Å². The maximum Gasteiger partial charge on any atom is 0.152 e. The van der Waals surface area contributed by atoms with Crippen LogP contribution in [-0.4, -0.2) is 6.54 Å². The van der Waals surface area contributed by atoms with Crippen LogP contribution in [0.4, 0.5) is 0 Å². The number of benzene rings is 1. The van der Waals surface area contributed by atoms with Gasteiger partial charge in [-0.15, -0.1) is 0 Å². The molecule has 0 aliphatic heterocycles. The van der Waals surface area contributed by atoms with Gasteiger partial charge in [-0.3, -0.25) is 0 Å². The lowest BCUT2D eigenvalue weighted by Gasteiger charge is -2.13. The molecule has 0 fully saturated rings. The molecule has 2 heterocycles. The van der Waals surface area contributed by atoms with E-state index in [9.17, 15) is 0 Å². The fraction of sp³-hybridized carbons (Fsp3) is 0.200. The van der Waals surface area contributed by atoms with Crippen molar-refractivity contribution in [1.29, 1.82) is 0 Å². The third-order valence-corrected chi connectivity index (χ3v) is 4.08. The monoisotopic (exact) mass is 291 g/mol. The Kier molecular flexibility index (Phi) is 3.60. The van der Waals surface area contributed by atoms with E-state index in [1.54, 1.807) is 11.3 Å². The van der Waals surface area contributed by atoms with Crippen LogP contribution in [0.2, 0.25) is 5.02 Å². The topological polar surface area (TPSA) is 25.2 Å². The summed E-state index contributed by atoms with van der Waals surface area (Å²) >= 11 is 7.86. The van der Waals surface area contributed by atoms with Crippen LogP contribution >= 0.6 is 22.9 Å². The van der Waals surface area contributed by atoms with Crippen LogP contribution in [0.3, 0.4) is 0 Å². The number of para-hydroxylation sites is 1. The largest absolute Gasteiger partial charge is 0.457 e. The van der Waals surface area contributed by atoms with Crippen LogP contribution in [-0.2, 0) is 0 Å². The molecule has 1 aromatic carbocycles. The van der Waals surface area contributed by atoms with Gasteiger partial charge in [-0.2, -0.15) is 11.3 Å². The van der Waals surface area contributed by atoms with Gasteiger partial charge in [0, 0.05) is 5.39 Å². The molecule has 2 nitrogen and oxygen atoms in total. The highest BCUT2D eigenvalue weighted by Gasteiger charge is 2.18. The van der Waals surface area contributed by atoms with Gasteiger partial charge in [-0.05, 0) is 41.1 Å². The molecule has 0 bridgehead atoms. The first kappa shape index (κ1) is 12.7. The number of rotatable bonds is 4. The van der Waals surface area contributed by atoms with E-state index in [2.05, 4.69) is 35.1 Å². The second-order valence-electron chi connectivity index (χ2n) is 4.35. The van der Waals surface area contributed by atoms with Crippen molar-refractivity contribution in [3.05, 3.63) is 57.4 Å². The molecule has 1 atom stereocenters. The minimum absolute atomic E-state index is 0.0831. The number of hydrogen-bond acceptors (Lipinski definition) is 3. The van der Waals surface area contributed by atoms with Crippen LogP contribution < -0.4 is 5.32 Å². The van der Waals surface area contributed by atoms with Crippen molar-refractivity contribution in [3.63, 3.8) is 0 Å². The summed E-state index contributed by atoms with van der Waals surface area (Å²) in [5, 5.41) is 9.37. The zero-order chi connectivity index (χ0) is 13.2. The number of furan rings is 1. The molecule has 19 heavy (non-hydrogen) atoms. The molecular weight excluding hydrogens is 278 g/mol.